The summed E-state index contributed by atoms with van der Waals surface area (Å²) in [4.78, 5) is 23.8. The van der Waals surface area contributed by atoms with E-state index in [4.69, 9.17) is 21.1 Å². The van der Waals surface area contributed by atoms with Crippen LogP contribution in [0, 0.1) is 0 Å². The number of esters is 1. The highest BCUT2D eigenvalue weighted by molar-refractivity contribution is 6.30. The highest BCUT2D eigenvalue weighted by Gasteiger charge is 2.09. The van der Waals surface area contributed by atoms with Gasteiger partial charge in [0.15, 0.2) is 6.61 Å². The van der Waals surface area contributed by atoms with Crippen molar-refractivity contribution in [3.05, 3.63) is 59.1 Å². The normalized spacial score (nSPS) is 10.1. The van der Waals surface area contributed by atoms with Crippen LogP contribution >= 0.6 is 11.6 Å². The van der Waals surface area contributed by atoms with Crippen LogP contribution in [-0.4, -0.2) is 25.1 Å². The minimum atomic E-state index is -0.414. The number of carbonyl (C=O) groups excluding carboxylic acids is 2. The number of rotatable bonds is 7. The van der Waals surface area contributed by atoms with E-state index < -0.39 is 5.97 Å². The van der Waals surface area contributed by atoms with E-state index in [1.807, 2.05) is 6.92 Å². The SMILES string of the molecule is CCCOC(=O)c1cccc(NC(=O)COc2cccc(Cl)c2)c1. The van der Waals surface area contributed by atoms with Crippen LogP contribution in [0.2, 0.25) is 5.02 Å². The predicted molar refractivity (Wildman–Crippen MR) is 92.6 cm³/mol. The van der Waals surface area contributed by atoms with Crippen LogP contribution in [0.5, 0.6) is 5.75 Å². The summed E-state index contributed by atoms with van der Waals surface area (Å²) in [6, 6.07) is 13.4. The van der Waals surface area contributed by atoms with Crippen molar-refractivity contribution in [2.75, 3.05) is 18.5 Å². The lowest BCUT2D eigenvalue weighted by Gasteiger charge is -2.09. The Balaban J connectivity index is 1.90. The molecule has 5 nitrogen and oxygen atoms in total. The molecule has 24 heavy (non-hydrogen) atoms. The first-order valence-electron chi connectivity index (χ1n) is 7.54. The number of nitrogens with one attached hydrogen (secondary N) is 1. The minimum Gasteiger partial charge on any atom is -0.484 e. The van der Waals surface area contributed by atoms with Crippen LogP contribution < -0.4 is 10.1 Å². The van der Waals surface area contributed by atoms with Gasteiger partial charge in [0.05, 0.1) is 12.2 Å². The first kappa shape index (κ1) is 17.8. The lowest BCUT2D eigenvalue weighted by molar-refractivity contribution is -0.118. The molecule has 6 heteroatoms. The van der Waals surface area contributed by atoms with Gasteiger partial charge in [-0.2, -0.15) is 0 Å². The Labute approximate surface area is 145 Å². The summed E-state index contributed by atoms with van der Waals surface area (Å²) in [6.45, 7) is 2.12. The van der Waals surface area contributed by atoms with Gasteiger partial charge in [0, 0.05) is 10.7 Å². The highest BCUT2D eigenvalue weighted by Crippen LogP contribution is 2.17. The van der Waals surface area contributed by atoms with Crippen LogP contribution in [-0.2, 0) is 9.53 Å². The van der Waals surface area contributed by atoms with Crippen LogP contribution in [0.3, 0.4) is 0 Å². The molecular weight excluding hydrogens is 330 g/mol. The molecule has 0 saturated heterocycles. The van der Waals surface area contributed by atoms with E-state index in [1.54, 1.807) is 48.5 Å². The molecule has 0 aliphatic carbocycles. The number of anilines is 1. The van der Waals surface area contributed by atoms with E-state index >= 15 is 0 Å². The van der Waals surface area contributed by atoms with Gasteiger partial charge in [0.1, 0.15) is 5.75 Å². The van der Waals surface area contributed by atoms with Gasteiger partial charge in [0.25, 0.3) is 5.91 Å². The molecule has 0 unspecified atom stereocenters. The molecule has 0 atom stereocenters. The van der Waals surface area contributed by atoms with Crippen molar-refractivity contribution in [3.8, 4) is 5.75 Å². The molecule has 0 fully saturated rings. The van der Waals surface area contributed by atoms with Gasteiger partial charge in [-0.05, 0) is 42.8 Å². The summed E-state index contributed by atoms with van der Waals surface area (Å²) in [5.41, 5.74) is 0.887. The van der Waals surface area contributed by atoms with E-state index in [1.165, 1.54) is 0 Å². The van der Waals surface area contributed by atoms with E-state index in [2.05, 4.69) is 5.32 Å². The molecule has 0 aromatic heterocycles. The maximum atomic E-state index is 11.9. The van der Waals surface area contributed by atoms with E-state index in [0.717, 1.165) is 6.42 Å². The van der Waals surface area contributed by atoms with Gasteiger partial charge < -0.3 is 14.8 Å². The predicted octanol–water partition coefficient (Wildman–Crippen LogP) is 3.92. The molecule has 0 aliphatic rings. The molecule has 0 heterocycles. The maximum absolute atomic E-state index is 11.9. The summed E-state index contributed by atoms with van der Waals surface area (Å²) < 4.78 is 10.4. The smallest absolute Gasteiger partial charge is 0.338 e. The number of amides is 1. The Morgan fingerprint density at radius 2 is 1.92 bits per heavy atom. The van der Waals surface area contributed by atoms with Crippen molar-refractivity contribution >= 4 is 29.2 Å². The van der Waals surface area contributed by atoms with Crippen molar-refractivity contribution in [1.82, 2.24) is 0 Å². The zero-order valence-corrected chi connectivity index (χ0v) is 14.0. The highest BCUT2D eigenvalue weighted by atomic mass is 35.5. The van der Waals surface area contributed by atoms with Crippen molar-refractivity contribution in [3.63, 3.8) is 0 Å². The zero-order chi connectivity index (χ0) is 17.4. The van der Waals surface area contributed by atoms with Gasteiger partial charge in [-0.3, -0.25) is 4.79 Å². The largest absolute Gasteiger partial charge is 0.484 e. The minimum absolute atomic E-state index is 0.162. The molecule has 1 amide bonds. The van der Waals surface area contributed by atoms with E-state index in [9.17, 15) is 9.59 Å². The Morgan fingerprint density at radius 3 is 2.67 bits per heavy atom. The van der Waals surface area contributed by atoms with Gasteiger partial charge in [-0.1, -0.05) is 30.7 Å². The lowest BCUT2D eigenvalue weighted by Crippen LogP contribution is -2.20. The second-order valence-corrected chi connectivity index (χ2v) is 5.45. The van der Waals surface area contributed by atoms with Crippen LogP contribution in [0.15, 0.2) is 48.5 Å². The third-order valence-corrected chi connectivity index (χ3v) is 3.22. The van der Waals surface area contributed by atoms with Crippen LogP contribution in [0.4, 0.5) is 5.69 Å². The quantitative estimate of drug-likeness (QED) is 0.771. The Morgan fingerprint density at radius 1 is 1.12 bits per heavy atom. The number of benzene rings is 2. The van der Waals surface area contributed by atoms with Gasteiger partial charge in [-0.15, -0.1) is 0 Å². The topological polar surface area (TPSA) is 64.6 Å². The molecule has 0 bridgehead atoms. The average molecular weight is 348 g/mol. The van der Waals surface area contributed by atoms with Crippen LogP contribution in [0.25, 0.3) is 0 Å². The maximum Gasteiger partial charge on any atom is 0.338 e. The number of hydrogen-bond donors (Lipinski definition) is 1. The van der Waals surface area contributed by atoms with E-state index in [0.29, 0.717) is 28.6 Å². The van der Waals surface area contributed by atoms with Crippen LogP contribution in [0.1, 0.15) is 23.7 Å². The standard InChI is InChI=1S/C18H18ClNO4/c1-2-9-23-18(22)13-5-3-7-15(10-13)20-17(21)12-24-16-8-4-6-14(19)11-16/h3-8,10-11H,2,9,12H2,1H3,(H,20,21). The first-order valence-corrected chi connectivity index (χ1v) is 7.91. The number of hydrogen-bond acceptors (Lipinski definition) is 4. The first-order chi connectivity index (χ1) is 11.6. The zero-order valence-electron chi connectivity index (χ0n) is 13.3. The summed E-state index contributed by atoms with van der Waals surface area (Å²) in [6.07, 6.45) is 0.753. The molecule has 0 saturated carbocycles. The molecule has 2 rings (SSSR count). The van der Waals surface area contributed by atoms with Gasteiger partial charge in [0.2, 0.25) is 0 Å². The fraction of sp³-hybridized carbons (Fsp3) is 0.222. The molecule has 0 spiro atoms. The summed E-state index contributed by atoms with van der Waals surface area (Å²) >= 11 is 5.85. The third kappa shape index (κ3) is 5.59. The van der Waals surface area contributed by atoms with Gasteiger partial charge in [-0.25, -0.2) is 4.79 Å². The van der Waals surface area contributed by atoms with Gasteiger partial charge >= 0.3 is 5.97 Å². The Hall–Kier alpha value is -2.53. The Kier molecular flexibility index (Phi) is 6.63. The fourth-order valence-electron chi connectivity index (χ4n) is 1.90. The summed E-state index contributed by atoms with van der Waals surface area (Å²) in [5, 5.41) is 3.21. The van der Waals surface area contributed by atoms with Crippen molar-refractivity contribution < 1.29 is 19.1 Å². The second-order valence-electron chi connectivity index (χ2n) is 5.01. The van der Waals surface area contributed by atoms with Crippen molar-refractivity contribution in [2.24, 2.45) is 0 Å². The lowest BCUT2D eigenvalue weighted by atomic mass is 10.2. The number of carbonyl (C=O) groups is 2. The number of ether oxygens (including phenoxy) is 2. The molecule has 2 aromatic carbocycles. The summed E-state index contributed by atoms with van der Waals surface area (Å²) in [5.74, 6) is -0.244. The fourth-order valence-corrected chi connectivity index (χ4v) is 2.09. The van der Waals surface area contributed by atoms with Crippen molar-refractivity contribution in [1.29, 1.82) is 0 Å². The molecule has 0 radical (unpaired) electrons. The second kappa shape index (κ2) is 8.93. The molecule has 2 aromatic rings. The molecule has 0 aliphatic heterocycles. The summed E-state index contributed by atoms with van der Waals surface area (Å²) in [7, 11) is 0. The molecular formula is C18H18ClNO4. The monoisotopic (exact) mass is 347 g/mol. The number of halogens is 1. The average Bonchev–Trinajstić information content (AvgIpc) is 2.58. The molecule has 1 N–H and O–H groups in total. The molecule has 126 valence electrons. The Bertz CT molecular complexity index is 718. The third-order valence-electron chi connectivity index (χ3n) is 2.99. The van der Waals surface area contributed by atoms with E-state index in [-0.39, 0.29) is 12.5 Å². The van der Waals surface area contributed by atoms with Crippen molar-refractivity contribution in [2.45, 2.75) is 13.3 Å².